The molecule has 0 aromatic rings. The lowest BCUT2D eigenvalue weighted by Crippen LogP contribution is -1.87. The summed E-state index contributed by atoms with van der Waals surface area (Å²) in [6.07, 6.45) is 5.73. The van der Waals surface area contributed by atoms with E-state index in [0.29, 0.717) is 0 Å². The minimum Gasteiger partial charge on any atom is -0.274 e. The molecular formula is C5H7OP. The molecule has 0 aliphatic rings. The van der Waals surface area contributed by atoms with Crippen molar-refractivity contribution in [2.75, 3.05) is 0 Å². The fraction of sp³-hybridized carbons (Fsp3) is 0.600. The Hall–Kier alpha value is -0.340. The molecule has 0 saturated carbocycles. The molecule has 1 nitrogen and oxygen atoms in total. The van der Waals surface area contributed by atoms with Gasteiger partial charge in [-0.15, -0.1) is 6.42 Å². The molecule has 0 aliphatic heterocycles. The first-order chi connectivity index (χ1) is 3.35. The van der Waals surface area contributed by atoms with Crippen LogP contribution in [0, 0.1) is 12.3 Å². The van der Waals surface area contributed by atoms with Gasteiger partial charge in [-0.25, -0.2) is 0 Å². The molecule has 38 valence electrons. The minimum atomic E-state index is -0.0694. The van der Waals surface area contributed by atoms with Gasteiger partial charge in [0.1, 0.15) is 0 Å². The first-order valence-corrected chi connectivity index (χ1v) is 3.02. The first kappa shape index (κ1) is 6.66. The second kappa shape index (κ2) is 3.84. The molecule has 0 aromatic carbocycles. The van der Waals surface area contributed by atoms with E-state index in [2.05, 4.69) is 5.92 Å². The van der Waals surface area contributed by atoms with Gasteiger partial charge in [0.15, 0.2) is 8.46 Å². The van der Waals surface area contributed by atoms with E-state index < -0.39 is 0 Å². The molecule has 0 aliphatic carbocycles. The number of hydrogen-bond donors (Lipinski definition) is 0. The van der Waals surface area contributed by atoms with Crippen LogP contribution in [0.5, 0.6) is 0 Å². The third-order valence-electron chi connectivity index (χ3n) is 0.706. The van der Waals surface area contributed by atoms with E-state index in [1.54, 1.807) is 0 Å². The predicted molar refractivity (Wildman–Crippen MR) is 30.5 cm³/mol. The maximum absolute atomic E-state index is 9.92. The SMILES string of the molecule is C#CC(CC)P=O. The van der Waals surface area contributed by atoms with E-state index in [1.165, 1.54) is 0 Å². The summed E-state index contributed by atoms with van der Waals surface area (Å²) in [4.78, 5) is 0. The zero-order valence-electron chi connectivity index (χ0n) is 4.22. The van der Waals surface area contributed by atoms with Crippen molar-refractivity contribution in [1.29, 1.82) is 0 Å². The summed E-state index contributed by atoms with van der Waals surface area (Å²) in [6.45, 7) is 1.91. The quantitative estimate of drug-likeness (QED) is 0.394. The summed E-state index contributed by atoms with van der Waals surface area (Å²) in [5.41, 5.74) is -0.0694. The van der Waals surface area contributed by atoms with E-state index in [0.717, 1.165) is 6.42 Å². The Kier molecular flexibility index (Phi) is 3.65. The molecule has 0 spiro atoms. The lowest BCUT2D eigenvalue weighted by Gasteiger charge is -1.88. The Morgan fingerprint density at radius 1 is 2.00 bits per heavy atom. The third kappa shape index (κ3) is 2.37. The van der Waals surface area contributed by atoms with E-state index >= 15 is 0 Å². The summed E-state index contributed by atoms with van der Waals surface area (Å²) in [5, 5.41) is 0. The van der Waals surface area contributed by atoms with Gasteiger partial charge in [-0.05, 0) is 6.42 Å². The number of terminal acetylenes is 1. The van der Waals surface area contributed by atoms with Crippen molar-refractivity contribution >= 4 is 8.46 Å². The molecule has 0 amide bonds. The van der Waals surface area contributed by atoms with Gasteiger partial charge >= 0.3 is 0 Å². The molecule has 0 aromatic heterocycles. The van der Waals surface area contributed by atoms with E-state index in [-0.39, 0.29) is 14.1 Å². The van der Waals surface area contributed by atoms with Crippen molar-refractivity contribution in [1.82, 2.24) is 0 Å². The lowest BCUT2D eigenvalue weighted by atomic mass is 10.3. The summed E-state index contributed by atoms with van der Waals surface area (Å²) >= 11 is 0. The Bertz CT molecular complexity index is 92.7. The topological polar surface area (TPSA) is 17.1 Å². The summed E-state index contributed by atoms with van der Waals surface area (Å²) < 4.78 is 9.92. The van der Waals surface area contributed by atoms with Crippen LogP contribution in [-0.4, -0.2) is 5.66 Å². The maximum atomic E-state index is 9.92. The summed E-state index contributed by atoms with van der Waals surface area (Å²) in [6, 6.07) is 0. The van der Waals surface area contributed by atoms with Crippen molar-refractivity contribution in [3.8, 4) is 12.3 Å². The van der Waals surface area contributed by atoms with Crippen molar-refractivity contribution in [3.63, 3.8) is 0 Å². The molecule has 7 heavy (non-hydrogen) atoms. The highest BCUT2D eigenvalue weighted by Gasteiger charge is 1.95. The molecule has 0 fully saturated rings. The van der Waals surface area contributed by atoms with Crippen LogP contribution in [0.3, 0.4) is 0 Å². The van der Waals surface area contributed by atoms with Gasteiger partial charge in [-0.2, -0.15) is 0 Å². The zero-order chi connectivity index (χ0) is 5.70. The third-order valence-corrected chi connectivity index (χ3v) is 1.48. The molecule has 0 heterocycles. The van der Waals surface area contributed by atoms with Crippen LogP contribution in [0.25, 0.3) is 0 Å². The zero-order valence-corrected chi connectivity index (χ0v) is 5.11. The second-order valence-corrected chi connectivity index (χ2v) is 2.03. The van der Waals surface area contributed by atoms with Gasteiger partial charge in [-0.3, -0.25) is 4.57 Å². The average Bonchev–Trinajstić information content (AvgIpc) is 1.72. The van der Waals surface area contributed by atoms with Gasteiger partial charge in [0.2, 0.25) is 0 Å². The molecule has 0 rings (SSSR count). The number of rotatable bonds is 2. The van der Waals surface area contributed by atoms with Gasteiger partial charge in [0.25, 0.3) is 0 Å². The van der Waals surface area contributed by atoms with Crippen molar-refractivity contribution in [2.45, 2.75) is 19.0 Å². The minimum absolute atomic E-state index is 0.0694. The summed E-state index contributed by atoms with van der Waals surface area (Å²) in [7, 11) is 0.0733. The van der Waals surface area contributed by atoms with Crippen LogP contribution in [-0.2, 0) is 4.57 Å². The fourth-order valence-electron chi connectivity index (χ4n) is 0.223. The molecular weight excluding hydrogens is 107 g/mol. The highest BCUT2D eigenvalue weighted by atomic mass is 31.1. The maximum Gasteiger partial charge on any atom is 0.171 e. The smallest absolute Gasteiger partial charge is 0.171 e. The van der Waals surface area contributed by atoms with Gasteiger partial charge < -0.3 is 0 Å². The van der Waals surface area contributed by atoms with E-state index in [4.69, 9.17) is 6.42 Å². The van der Waals surface area contributed by atoms with Crippen molar-refractivity contribution in [3.05, 3.63) is 0 Å². The molecule has 0 saturated heterocycles. The van der Waals surface area contributed by atoms with Gasteiger partial charge in [0.05, 0.1) is 5.66 Å². The van der Waals surface area contributed by atoms with Crippen LogP contribution in [0.1, 0.15) is 13.3 Å². The van der Waals surface area contributed by atoms with Gasteiger partial charge in [-0.1, -0.05) is 12.8 Å². The lowest BCUT2D eigenvalue weighted by molar-refractivity contribution is 0.594. The Morgan fingerprint density at radius 2 is 2.57 bits per heavy atom. The van der Waals surface area contributed by atoms with Crippen LogP contribution >= 0.6 is 8.46 Å². The van der Waals surface area contributed by atoms with E-state index in [1.807, 2.05) is 6.92 Å². The largest absolute Gasteiger partial charge is 0.274 e. The van der Waals surface area contributed by atoms with Crippen LogP contribution < -0.4 is 0 Å². The van der Waals surface area contributed by atoms with E-state index in [9.17, 15) is 4.57 Å². The fourth-order valence-corrected chi connectivity index (χ4v) is 0.433. The molecule has 2 heteroatoms. The Labute approximate surface area is 45.3 Å². The molecule has 1 atom stereocenters. The predicted octanol–water partition coefficient (Wildman–Crippen LogP) is 1.69. The van der Waals surface area contributed by atoms with Crippen LogP contribution in [0.2, 0.25) is 0 Å². The molecule has 0 N–H and O–H groups in total. The van der Waals surface area contributed by atoms with Crippen LogP contribution in [0.15, 0.2) is 0 Å². The summed E-state index contributed by atoms with van der Waals surface area (Å²) in [5.74, 6) is 2.38. The van der Waals surface area contributed by atoms with Crippen molar-refractivity contribution < 1.29 is 4.57 Å². The standard InChI is InChI=1S/C5H7OP/c1-3-5(4-2)7-6/h1,5H,4H2,2H3. The highest BCUT2D eigenvalue weighted by Crippen LogP contribution is 2.07. The molecule has 0 radical (unpaired) electrons. The van der Waals surface area contributed by atoms with Crippen LogP contribution in [0.4, 0.5) is 0 Å². The average molecular weight is 114 g/mol. The van der Waals surface area contributed by atoms with Gasteiger partial charge in [0, 0.05) is 0 Å². The normalized spacial score (nSPS) is 13.1. The first-order valence-electron chi connectivity index (χ1n) is 2.13. The Morgan fingerprint density at radius 3 is 2.57 bits per heavy atom. The monoisotopic (exact) mass is 114 g/mol. The second-order valence-electron chi connectivity index (χ2n) is 1.20. The molecule has 1 unspecified atom stereocenters. The Balaban J connectivity index is 3.43. The highest BCUT2D eigenvalue weighted by molar-refractivity contribution is 7.25. The molecule has 0 bridgehead atoms. The number of hydrogen-bond acceptors (Lipinski definition) is 1. The van der Waals surface area contributed by atoms with Crippen molar-refractivity contribution in [2.24, 2.45) is 0 Å².